The molecule has 5 heteroatoms. The van der Waals surface area contributed by atoms with Crippen LogP contribution in [0.3, 0.4) is 0 Å². The van der Waals surface area contributed by atoms with Crippen molar-refractivity contribution in [3.63, 3.8) is 0 Å². The van der Waals surface area contributed by atoms with E-state index in [0.717, 1.165) is 5.56 Å². The monoisotopic (exact) mass is 277 g/mol. The minimum absolute atomic E-state index is 0.0508. The van der Waals surface area contributed by atoms with Crippen LogP contribution in [0.25, 0.3) is 0 Å². The first kappa shape index (κ1) is 13.4. The van der Waals surface area contributed by atoms with E-state index in [2.05, 4.69) is 4.72 Å². The van der Waals surface area contributed by atoms with Gasteiger partial charge in [-0.25, -0.2) is 8.42 Å². The first-order chi connectivity index (χ1) is 8.90. The van der Waals surface area contributed by atoms with Gasteiger partial charge in [-0.1, -0.05) is 24.3 Å². The number of anilines is 1. The molecule has 0 aromatic heterocycles. The molecule has 4 nitrogen and oxygen atoms in total. The number of hydrogen-bond donors (Lipinski definition) is 2. The lowest BCUT2D eigenvalue weighted by atomic mass is 10.1. The number of benzene rings is 2. The van der Waals surface area contributed by atoms with Gasteiger partial charge in [0.15, 0.2) is 0 Å². The number of hydrogen-bond acceptors (Lipinski definition) is 3. The maximum Gasteiger partial charge on any atom is 0.262 e. The fraction of sp³-hybridized carbons (Fsp3) is 0.143. The maximum absolute atomic E-state index is 12.2. The Morgan fingerprint density at radius 3 is 2.32 bits per heavy atom. The largest absolute Gasteiger partial charge is 0.505 e. The van der Waals surface area contributed by atoms with Crippen molar-refractivity contribution < 1.29 is 13.5 Å². The van der Waals surface area contributed by atoms with Crippen LogP contribution in [0, 0.1) is 13.8 Å². The molecule has 0 atom stereocenters. The van der Waals surface area contributed by atoms with Gasteiger partial charge in [0.2, 0.25) is 0 Å². The summed E-state index contributed by atoms with van der Waals surface area (Å²) in [6, 6.07) is 11.4. The number of sulfonamides is 1. The summed E-state index contributed by atoms with van der Waals surface area (Å²) < 4.78 is 26.7. The second-order valence-electron chi connectivity index (χ2n) is 4.40. The molecule has 0 radical (unpaired) electrons. The smallest absolute Gasteiger partial charge is 0.262 e. The molecule has 100 valence electrons. The van der Waals surface area contributed by atoms with Crippen molar-refractivity contribution in [2.24, 2.45) is 0 Å². The molecule has 0 spiro atoms. The Kier molecular flexibility index (Phi) is 3.48. The molecule has 0 aliphatic rings. The molecule has 2 aromatic carbocycles. The van der Waals surface area contributed by atoms with E-state index in [1.54, 1.807) is 37.3 Å². The Hall–Kier alpha value is -2.01. The van der Waals surface area contributed by atoms with E-state index >= 15 is 0 Å². The summed E-state index contributed by atoms with van der Waals surface area (Å²) in [5, 5.41) is 9.91. The topological polar surface area (TPSA) is 66.4 Å². The molecule has 0 saturated heterocycles. The SMILES string of the molecule is Cc1cc(C)c(O)c(NS(=O)(=O)c2ccccc2)c1. The van der Waals surface area contributed by atoms with Crippen molar-refractivity contribution in [3.8, 4) is 5.75 Å². The van der Waals surface area contributed by atoms with E-state index in [1.807, 2.05) is 6.92 Å². The highest BCUT2D eigenvalue weighted by molar-refractivity contribution is 7.92. The van der Waals surface area contributed by atoms with E-state index in [1.165, 1.54) is 12.1 Å². The van der Waals surface area contributed by atoms with Crippen LogP contribution in [0.4, 0.5) is 5.69 Å². The van der Waals surface area contributed by atoms with E-state index in [4.69, 9.17) is 0 Å². The average molecular weight is 277 g/mol. The third-order valence-electron chi connectivity index (χ3n) is 2.74. The van der Waals surface area contributed by atoms with Crippen LogP contribution in [0.2, 0.25) is 0 Å². The van der Waals surface area contributed by atoms with Gasteiger partial charge in [0.25, 0.3) is 10.0 Å². The fourth-order valence-electron chi connectivity index (χ4n) is 1.84. The minimum atomic E-state index is -3.68. The van der Waals surface area contributed by atoms with Crippen molar-refractivity contribution in [2.75, 3.05) is 4.72 Å². The molecule has 0 bridgehead atoms. The molecule has 0 heterocycles. The number of aryl methyl sites for hydroxylation is 2. The highest BCUT2D eigenvalue weighted by atomic mass is 32.2. The molecule has 19 heavy (non-hydrogen) atoms. The summed E-state index contributed by atoms with van der Waals surface area (Å²) in [6.07, 6.45) is 0. The predicted molar refractivity (Wildman–Crippen MR) is 74.8 cm³/mol. The summed E-state index contributed by atoms with van der Waals surface area (Å²) in [4.78, 5) is 0.161. The lowest BCUT2D eigenvalue weighted by Crippen LogP contribution is -2.13. The van der Waals surface area contributed by atoms with Gasteiger partial charge in [-0.2, -0.15) is 0 Å². The van der Waals surface area contributed by atoms with Crippen molar-refractivity contribution >= 4 is 15.7 Å². The molecule has 2 N–H and O–H groups in total. The molecular weight excluding hydrogens is 262 g/mol. The second-order valence-corrected chi connectivity index (χ2v) is 6.08. The lowest BCUT2D eigenvalue weighted by Gasteiger charge is -2.12. The van der Waals surface area contributed by atoms with Gasteiger partial charge in [0.05, 0.1) is 10.6 Å². The van der Waals surface area contributed by atoms with Gasteiger partial charge >= 0.3 is 0 Å². The lowest BCUT2D eigenvalue weighted by molar-refractivity contribution is 0.473. The number of aromatic hydroxyl groups is 1. The zero-order valence-electron chi connectivity index (χ0n) is 10.7. The second kappa shape index (κ2) is 4.93. The predicted octanol–water partition coefficient (Wildman–Crippen LogP) is 2.81. The van der Waals surface area contributed by atoms with Crippen molar-refractivity contribution in [2.45, 2.75) is 18.7 Å². The van der Waals surface area contributed by atoms with Crippen LogP contribution in [-0.2, 0) is 10.0 Å². The third kappa shape index (κ3) is 2.88. The summed E-state index contributed by atoms with van der Waals surface area (Å²) in [7, 11) is -3.68. The first-order valence-corrected chi connectivity index (χ1v) is 7.26. The van der Waals surface area contributed by atoms with Crippen LogP contribution in [0.15, 0.2) is 47.4 Å². The van der Waals surface area contributed by atoms with Gasteiger partial charge in [0.1, 0.15) is 5.75 Å². The standard InChI is InChI=1S/C14H15NO3S/c1-10-8-11(2)14(16)13(9-10)15-19(17,18)12-6-4-3-5-7-12/h3-9,15-16H,1-2H3. The summed E-state index contributed by atoms with van der Waals surface area (Å²) >= 11 is 0. The van der Waals surface area contributed by atoms with Gasteiger partial charge in [-0.05, 0) is 43.2 Å². The molecule has 2 rings (SSSR count). The molecule has 0 amide bonds. The Labute approximate surface area is 112 Å². The van der Waals surface area contributed by atoms with Crippen LogP contribution < -0.4 is 4.72 Å². The van der Waals surface area contributed by atoms with E-state index in [0.29, 0.717) is 5.56 Å². The van der Waals surface area contributed by atoms with Gasteiger partial charge in [-0.3, -0.25) is 4.72 Å². The Morgan fingerprint density at radius 1 is 1.05 bits per heavy atom. The molecule has 0 aliphatic heterocycles. The third-order valence-corrected chi connectivity index (χ3v) is 4.12. The highest BCUT2D eigenvalue weighted by Gasteiger charge is 2.16. The molecule has 0 saturated carbocycles. The van der Waals surface area contributed by atoms with Crippen molar-refractivity contribution in [1.82, 2.24) is 0 Å². The van der Waals surface area contributed by atoms with Gasteiger partial charge < -0.3 is 5.11 Å². The maximum atomic E-state index is 12.2. The minimum Gasteiger partial charge on any atom is -0.505 e. The van der Waals surface area contributed by atoms with Gasteiger partial charge in [-0.15, -0.1) is 0 Å². The number of nitrogens with one attached hydrogen (secondary N) is 1. The Morgan fingerprint density at radius 2 is 1.68 bits per heavy atom. The Bertz CT molecular complexity index is 694. The number of phenolic OH excluding ortho intramolecular Hbond substituents is 1. The highest BCUT2D eigenvalue weighted by Crippen LogP contribution is 2.30. The van der Waals surface area contributed by atoms with Crippen LogP contribution in [-0.4, -0.2) is 13.5 Å². The van der Waals surface area contributed by atoms with Crippen LogP contribution in [0.5, 0.6) is 5.75 Å². The van der Waals surface area contributed by atoms with E-state index in [-0.39, 0.29) is 16.3 Å². The molecule has 0 aliphatic carbocycles. The van der Waals surface area contributed by atoms with Crippen molar-refractivity contribution in [3.05, 3.63) is 53.6 Å². The number of rotatable bonds is 3. The Balaban J connectivity index is 2.42. The summed E-state index contributed by atoms with van der Waals surface area (Å²) in [6.45, 7) is 3.56. The van der Waals surface area contributed by atoms with Crippen molar-refractivity contribution in [1.29, 1.82) is 0 Å². The summed E-state index contributed by atoms with van der Waals surface area (Å²) in [5.41, 5.74) is 1.70. The first-order valence-electron chi connectivity index (χ1n) is 5.78. The zero-order chi connectivity index (χ0) is 14.0. The zero-order valence-corrected chi connectivity index (χ0v) is 11.5. The van der Waals surface area contributed by atoms with Crippen LogP contribution >= 0.6 is 0 Å². The molecule has 0 fully saturated rings. The van der Waals surface area contributed by atoms with Gasteiger partial charge in [0, 0.05) is 0 Å². The van der Waals surface area contributed by atoms with Crippen LogP contribution in [0.1, 0.15) is 11.1 Å². The normalized spacial score (nSPS) is 11.3. The van der Waals surface area contributed by atoms with E-state index < -0.39 is 10.0 Å². The van der Waals surface area contributed by atoms with E-state index in [9.17, 15) is 13.5 Å². The fourth-order valence-corrected chi connectivity index (χ4v) is 2.92. The molecular formula is C14H15NO3S. The number of phenols is 1. The summed E-state index contributed by atoms with van der Waals surface area (Å²) in [5.74, 6) is -0.0508. The molecule has 2 aromatic rings. The average Bonchev–Trinajstić information content (AvgIpc) is 2.36. The quantitative estimate of drug-likeness (QED) is 0.848. The molecule has 0 unspecified atom stereocenters.